The van der Waals surface area contributed by atoms with E-state index in [1.54, 1.807) is 7.11 Å². The Bertz CT molecular complexity index is 361. The molecule has 0 spiro atoms. The Morgan fingerprint density at radius 2 is 2.12 bits per heavy atom. The van der Waals surface area contributed by atoms with E-state index in [4.69, 9.17) is 4.74 Å². The van der Waals surface area contributed by atoms with Crippen LogP contribution in [0, 0.1) is 0 Å². The Balaban J connectivity index is 2.76. The molecule has 0 saturated carbocycles. The molecule has 0 amide bonds. The van der Waals surface area contributed by atoms with Crippen molar-refractivity contribution in [2.24, 2.45) is 0 Å². The summed E-state index contributed by atoms with van der Waals surface area (Å²) in [5.74, 6) is 0.929. The first kappa shape index (κ1) is 13.7. The summed E-state index contributed by atoms with van der Waals surface area (Å²) in [6.45, 7) is 0.866. The third-order valence-electron chi connectivity index (χ3n) is 2.62. The highest BCUT2D eigenvalue weighted by Crippen LogP contribution is 2.21. The highest BCUT2D eigenvalue weighted by atomic mass is 16.5. The Morgan fingerprint density at radius 3 is 2.71 bits per heavy atom. The van der Waals surface area contributed by atoms with Crippen molar-refractivity contribution in [3.63, 3.8) is 0 Å². The van der Waals surface area contributed by atoms with Crippen molar-refractivity contribution in [3.8, 4) is 5.75 Å². The monoisotopic (exact) mass is 235 g/mol. The lowest BCUT2D eigenvalue weighted by atomic mass is 10.0. The molecule has 0 aliphatic carbocycles. The Hall–Kier alpha value is -1.35. The largest absolute Gasteiger partial charge is 0.496 e. The molecule has 0 N–H and O–H groups in total. The number of methoxy groups -OCH3 is 1. The molecule has 0 unspecified atom stereocenters. The van der Waals surface area contributed by atoms with Crippen LogP contribution >= 0.6 is 0 Å². The molecule has 0 aromatic heterocycles. The fraction of sp³-hybridized carbons (Fsp3) is 0.500. The van der Waals surface area contributed by atoms with Crippen LogP contribution in [0.15, 0.2) is 18.2 Å². The van der Waals surface area contributed by atoms with Crippen LogP contribution in [0.3, 0.4) is 0 Å². The van der Waals surface area contributed by atoms with Gasteiger partial charge in [0.1, 0.15) is 12.0 Å². The van der Waals surface area contributed by atoms with Gasteiger partial charge in [-0.25, -0.2) is 0 Å². The number of nitrogens with zero attached hydrogens (tertiary/aromatic N) is 1. The van der Waals surface area contributed by atoms with Crippen LogP contribution in [0.5, 0.6) is 5.75 Å². The van der Waals surface area contributed by atoms with Gasteiger partial charge >= 0.3 is 0 Å². The molecule has 1 aromatic carbocycles. The smallest absolute Gasteiger partial charge is 0.123 e. The summed E-state index contributed by atoms with van der Waals surface area (Å²) in [5, 5.41) is 0. The number of hydrogen-bond donors (Lipinski definition) is 0. The first-order valence-electron chi connectivity index (χ1n) is 5.91. The van der Waals surface area contributed by atoms with Gasteiger partial charge in [-0.15, -0.1) is 0 Å². The molecule has 0 fully saturated rings. The van der Waals surface area contributed by atoms with E-state index >= 15 is 0 Å². The van der Waals surface area contributed by atoms with E-state index in [0.717, 1.165) is 31.4 Å². The van der Waals surface area contributed by atoms with E-state index in [1.807, 2.05) is 20.2 Å². The molecule has 17 heavy (non-hydrogen) atoms. The van der Waals surface area contributed by atoms with Crippen LogP contribution in [0.25, 0.3) is 0 Å². The van der Waals surface area contributed by atoms with Crippen molar-refractivity contribution in [1.29, 1.82) is 0 Å². The van der Waals surface area contributed by atoms with Crippen LogP contribution in [0.1, 0.15) is 24.0 Å². The minimum Gasteiger partial charge on any atom is -0.496 e. The summed E-state index contributed by atoms with van der Waals surface area (Å²) in [5.41, 5.74) is 2.46. The van der Waals surface area contributed by atoms with E-state index in [9.17, 15) is 4.79 Å². The molecule has 94 valence electrons. The lowest BCUT2D eigenvalue weighted by Gasteiger charge is -2.14. The SMILES string of the molecule is COc1ccc(CCCC=O)cc1CN(C)C. The Morgan fingerprint density at radius 1 is 1.35 bits per heavy atom. The first-order valence-corrected chi connectivity index (χ1v) is 5.91. The van der Waals surface area contributed by atoms with Crippen molar-refractivity contribution in [3.05, 3.63) is 29.3 Å². The molecule has 0 atom stereocenters. The predicted octanol–water partition coefficient (Wildman–Crippen LogP) is 2.28. The van der Waals surface area contributed by atoms with Gasteiger partial charge in [-0.3, -0.25) is 0 Å². The van der Waals surface area contributed by atoms with Gasteiger partial charge in [0.25, 0.3) is 0 Å². The summed E-state index contributed by atoms with van der Waals surface area (Å²) in [6, 6.07) is 6.25. The van der Waals surface area contributed by atoms with Crippen molar-refractivity contribution in [2.45, 2.75) is 25.8 Å². The Labute approximate surface area is 103 Å². The fourth-order valence-electron chi connectivity index (χ4n) is 1.84. The lowest BCUT2D eigenvalue weighted by Crippen LogP contribution is -2.11. The van der Waals surface area contributed by atoms with Gasteiger partial charge in [-0.1, -0.05) is 12.1 Å². The van der Waals surface area contributed by atoms with Gasteiger partial charge in [0.05, 0.1) is 7.11 Å². The third kappa shape index (κ3) is 4.57. The third-order valence-corrected chi connectivity index (χ3v) is 2.62. The summed E-state index contributed by atoms with van der Waals surface area (Å²) in [7, 11) is 5.78. The number of aldehydes is 1. The number of ether oxygens (including phenoxy) is 1. The maximum Gasteiger partial charge on any atom is 0.123 e. The van der Waals surface area contributed by atoms with Crippen molar-refractivity contribution < 1.29 is 9.53 Å². The fourth-order valence-corrected chi connectivity index (χ4v) is 1.84. The van der Waals surface area contributed by atoms with E-state index in [1.165, 1.54) is 11.1 Å². The maximum atomic E-state index is 10.3. The normalized spacial score (nSPS) is 10.6. The highest BCUT2D eigenvalue weighted by molar-refractivity contribution is 5.49. The van der Waals surface area contributed by atoms with Crippen LogP contribution in [-0.2, 0) is 17.8 Å². The zero-order valence-electron chi connectivity index (χ0n) is 10.9. The number of carbonyl (C=O) groups excluding carboxylic acids is 1. The molecule has 1 aromatic rings. The highest BCUT2D eigenvalue weighted by Gasteiger charge is 2.05. The molecule has 0 heterocycles. The second-order valence-electron chi connectivity index (χ2n) is 4.44. The van der Waals surface area contributed by atoms with Gasteiger partial charge in [0.15, 0.2) is 0 Å². The van der Waals surface area contributed by atoms with Gasteiger partial charge < -0.3 is 14.4 Å². The van der Waals surface area contributed by atoms with Gasteiger partial charge in [-0.05, 0) is 38.6 Å². The minimum atomic E-state index is 0.634. The quantitative estimate of drug-likeness (QED) is 0.536. The summed E-state index contributed by atoms with van der Waals surface area (Å²) >= 11 is 0. The molecule has 0 saturated heterocycles. The summed E-state index contributed by atoms with van der Waals surface area (Å²) < 4.78 is 5.34. The number of benzene rings is 1. The molecule has 3 nitrogen and oxygen atoms in total. The predicted molar refractivity (Wildman–Crippen MR) is 69.4 cm³/mol. The molecule has 0 radical (unpaired) electrons. The van der Waals surface area contributed by atoms with E-state index in [2.05, 4.69) is 17.0 Å². The van der Waals surface area contributed by atoms with Gasteiger partial charge in [0, 0.05) is 18.5 Å². The number of carbonyl (C=O) groups is 1. The molecular weight excluding hydrogens is 214 g/mol. The van der Waals surface area contributed by atoms with Crippen LogP contribution in [-0.4, -0.2) is 32.4 Å². The summed E-state index contributed by atoms with van der Waals surface area (Å²) in [4.78, 5) is 12.4. The van der Waals surface area contributed by atoms with Crippen molar-refractivity contribution >= 4 is 6.29 Å². The molecule has 0 aliphatic heterocycles. The second-order valence-corrected chi connectivity index (χ2v) is 4.44. The molecule has 3 heteroatoms. The van der Waals surface area contributed by atoms with E-state index in [0.29, 0.717) is 6.42 Å². The zero-order chi connectivity index (χ0) is 12.7. The van der Waals surface area contributed by atoms with Crippen LogP contribution < -0.4 is 4.74 Å². The molecule has 1 rings (SSSR count). The van der Waals surface area contributed by atoms with Crippen molar-refractivity contribution in [1.82, 2.24) is 4.90 Å². The standard InChI is InChI=1S/C14H21NO2/c1-15(2)11-13-10-12(6-4-5-9-16)7-8-14(13)17-3/h7-10H,4-6,11H2,1-3H3. The average molecular weight is 235 g/mol. The first-order chi connectivity index (χ1) is 8.17. The van der Waals surface area contributed by atoms with Gasteiger partial charge in [-0.2, -0.15) is 0 Å². The summed E-state index contributed by atoms with van der Waals surface area (Å²) in [6.07, 6.45) is 3.47. The average Bonchev–Trinajstić information content (AvgIpc) is 2.29. The Kier molecular flexibility index (Phi) is 5.70. The maximum absolute atomic E-state index is 10.3. The lowest BCUT2D eigenvalue weighted by molar-refractivity contribution is -0.107. The minimum absolute atomic E-state index is 0.634. The number of unbranched alkanes of at least 4 members (excludes halogenated alkanes) is 1. The molecule has 0 bridgehead atoms. The molecule has 0 aliphatic rings. The molecular formula is C14H21NO2. The number of rotatable bonds is 7. The van der Waals surface area contributed by atoms with E-state index in [-0.39, 0.29) is 0 Å². The van der Waals surface area contributed by atoms with Crippen LogP contribution in [0.2, 0.25) is 0 Å². The van der Waals surface area contributed by atoms with Crippen LogP contribution in [0.4, 0.5) is 0 Å². The van der Waals surface area contributed by atoms with E-state index < -0.39 is 0 Å². The number of aryl methyl sites for hydroxylation is 1. The van der Waals surface area contributed by atoms with Gasteiger partial charge in [0.2, 0.25) is 0 Å². The number of hydrogen-bond acceptors (Lipinski definition) is 3. The second kappa shape index (κ2) is 7.07. The zero-order valence-corrected chi connectivity index (χ0v) is 10.9. The van der Waals surface area contributed by atoms with Crippen molar-refractivity contribution in [2.75, 3.05) is 21.2 Å². The topological polar surface area (TPSA) is 29.5 Å².